The number of anilines is 1. The van der Waals surface area contributed by atoms with E-state index in [1.807, 2.05) is 50.2 Å². The van der Waals surface area contributed by atoms with Gasteiger partial charge in [-0.25, -0.2) is 9.69 Å². The van der Waals surface area contributed by atoms with Crippen LogP contribution in [0.4, 0.5) is 10.5 Å². The Bertz CT molecular complexity index is 1160. The van der Waals surface area contributed by atoms with Crippen LogP contribution in [-0.4, -0.2) is 17.8 Å². The van der Waals surface area contributed by atoms with Crippen LogP contribution >= 0.6 is 11.8 Å². The van der Waals surface area contributed by atoms with Crippen molar-refractivity contribution in [3.8, 4) is 0 Å². The molecule has 7 heteroatoms. The van der Waals surface area contributed by atoms with Crippen molar-refractivity contribution in [2.45, 2.75) is 23.8 Å². The van der Waals surface area contributed by atoms with Crippen LogP contribution < -0.4 is 10.2 Å². The van der Waals surface area contributed by atoms with Gasteiger partial charge in [-0.2, -0.15) is 0 Å². The van der Waals surface area contributed by atoms with E-state index in [1.54, 1.807) is 24.3 Å². The lowest BCUT2D eigenvalue weighted by Gasteiger charge is -2.26. The van der Waals surface area contributed by atoms with Crippen LogP contribution in [0, 0.1) is 13.8 Å². The Balaban J connectivity index is 1.63. The number of furan rings is 1. The number of carbonyl (C=O) groups excluding carboxylic acids is 3. The smallest absolute Gasteiger partial charge is 0.335 e. The molecule has 2 heterocycles. The summed E-state index contributed by atoms with van der Waals surface area (Å²) >= 11 is 1.43. The lowest BCUT2D eigenvalue weighted by Crippen LogP contribution is -2.54. The first kappa shape index (κ1) is 19.7. The maximum atomic E-state index is 13.0. The van der Waals surface area contributed by atoms with Gasteiger partial charge in [0.15, 0.2) is 5.09 Å². The van der Waals surface area contributed by atoms with Crippen molar-refractivity contribution in [2.24, 2.45) is 0 Å². The van der Waals surface area contributed by atoms with E-state index in [0.717, 1.165) is 20.9 Å². The minimum absolute atomic E-state index is 0.167. The third-order valence-corrected chi connectivity index (χ3v) is 5.35. The van der Waals surface area contributed by atoms with Crippen molar-refractivity contribution >= 4 is 41.4 Å². The number of aryl methyl sites for hydroxylation is 2. The monoisotopic (exact) mass is 418 g/mol. The van der Waals surface area contributed by atoms with Gasteiger partial charge in [-0.1, -0.05) is 36.0 Å². The van der Waals surface area contributed by atoms with Gasteiger partial charge in [0.05, 0.1) is 5.69 Å². The van der Waals surface area contributed by atoms with Gasteiger partial charge in [0.2, 0.25) is 0 Å². The summed E-state index contributed by atoms with van der Waals surface area (Å²) in [4.78, 5) is 39.7. The normalized spacial score (nSPS) is 15.6. The van der Waals surface area contributed by atoms with Crippen molar-refractivity contribution < 1.29 is 18.8 Å². The quantitative estimate of drug-likeness (QED) is 0.490. The Hall–Kier alpha value is -3.58. The Morgan fingerprint density at radius 1 is 0.933 bits per heavy atom. The van der Waals surface area contributed by atoms with Crippen LogP contribution in [0.25, 0.3) is 6.08 Å². The van der Waals surface area contributed by atoms with Gasteiger partial charge in [-0.05, 0) is 67.4 Å². The molecule has 0 unspecified atom stereocenters. The Morgan fingerprint density at radius 3 is 2.33 bits per heavy atom. The second kappa shape index (κ2) is 8.04. The number of benzene rings is 2. The first-order valence-electron chi connectivity index (χ1n) is 9.23. The summed E-state index contributed by atoms with van der Waals surface area (Å²) in [6, 6.07) is 17.7. The molecule has 1 aliphatic rings. The molecule has 1 aromatic heterocycles. The van der Waals surface area contributed by atoms with Gasteiger partial charge in [0.25, 0.3) is 11.8 Å². The summed E-state index contributed by atoms with van der Waals surface area (Å²) in [7, 11) is 0. The third kappa shape index (κ3) is 4.06. The fraction of sp³-hybridized carbons (Fsp3) is 0.0870. The number of barbiturate groups is 1. The molecule has 1 fully saturated rings. The molecule has 3 aromatic rings. The van der Waals surface area contributed by atoms with Crippen molar-refractivity contribution in [3.05, 3.63) is 83.1 Å². The first-order valence-corrected chi connectivity index (χ1v) is 10.0. The highest BCUT2D eigenvalue weighted by Gasteiger charge is 2.37. The molecule has 2 aromatic carbocycles. The Kier molecular flexibility index (Phi) is 5.29. The average molecular weight is 418 g/mol. The van der Waals surface area contributed by atoms with E-state index in [0.29, 0.717) is 16.5 Å². The molecular formula is C23H18N2O4S. The summed E-state index contributed by atoms with van der Waals surface area (Å²) in [6.07, 6.45) is 1.36. The van der Waals surface area contributed by atoms with Gasteiger partial charge in [0, 0.05) is 4.90 Å². The topological polar surface area (TPSA) is 79.6 Å². The molecule has 0 atom stereocenters. The van der Waals surface area contributed by atoms with Crippen molar-refractivity contribution in [1.82, 2.24) is 5.32 Å². The third-order valence-electron chi connectivity index (χ3n) is 4.42. The predicted molar refractivity (Wildman–Crippen MR) is 114 cm³/mol. The van der Waals surface area contributed by atoms with Gasteiger partial charge < -0.3 is 4.42 Å². The molecule has 0 bridgehead atoms. The Labute approximate surface area is 177 Å². The van der Waals surface area contributed by atoms with Crippen molar-refractivity contribution in [1.29, 1.82) is 0 Å². The van der Waals surface area contributed by atoms with E-state index in [1.165, 1.54) is 17.8 Å². The minimum atomic E-state index is -0.771. The molecule has 6 nitrogen and oxygen atoms in total. The fourth-order valence-electron chi connectivity index (χ4n) is 3.19. The van der Waals surface area contributed by atoms with Crippen molar-refractivity contribution in [2.75, 3.05) is 4.90 Å². The summed E-state index contributed by atoms with van der Waals surface area (Å²) in [5, 5.41) is 2.85. The SMILES string of the molecule is Cc1cc(C)cc(N2C(=O)NC(=O)/C(=C\c3ccc(Sc4ccccc4)o3)C2=O)c1. The number of rotatable bonds is 4. The van der Waals surface area contributed by atoms with Gasteiger partial charge in [-0.15, -0.1) is 0 Å². The van der Waals surface area contributed by atoms with E-state index < -0.39 is 17.8 Å². The lowest BCUT2D eigenvalue weighted by atomic mass is 10.1. The summed E-state index contributed by atoms with van der Waals surface area (Å²) in [5.41, 5.74) is 2.05. The van der Waals surface area contributed by atoms with Gasteiger partial charge >= 0.3 is 6.03 Å². The molecule has 4 rings (SSSR count). The highest BCUT2D eigenvalue weighted by Crippen LogP contribution is 2.30. The van der Waals surface area contributed by atoms with E-state index in [9.17, 15) is 14.4 Å². The molecule has 0 saturated carbocycles. The number of hydrogen-bond donors (Lipinski definition) is 1. The molecule has 1 N–H and O–H groups in total. The highest BCUT2D eigenvalue weighted by atomic mass is 32.2. The van der Waals surface area contributed by atoms with Crippen LogP contribution in [0.1, 0.15) is 16.9 Å². The number of amides is 4. The number of imide groups is 2. The summed E-state index contributed by atoms with van der Waals surface area (Å²) < 4.78 is 5.74. The molecule has 1 aliphatic heterocycles. The zero-order valence-corrected chi connectivity index (χ0v) is 17.2. The number of hydrogen-bond acceptors (Lipinski definition) is 5. The van der Waals surface area contributed by atoms with Gasteiger partial charge in [-0.3, -0.25) is 14.9 Å². The number of nitrogens with one attached hydrogen (secondary N) is 1. The molecule has 0 radical (unpaired) electrons. The minimum Gasteiger partial charge on any atom is -0.450 e. The average Bonchev–Trinajstić information content (AvgIpc) is 3.12. The van der Waals surface area contributed by atoms with Crippen LogP contribution in [0.15, 0.2) is 80.6 Å². The lowest BCUT2D eigenvalue weighted by molar-refractivity contribution is -0.122. The molecule has 0 aliphatic carbocycles. The molecule has 0 spiro atoms. The molecule has 150 valence electrons. The molecule has 4 amide bonds. The van der Waals surface area contributed by atoms with E-state index in [4.69, 9.17) is 4.42 Å². The standard InChI is InChI=1S/C23H18N2O4S/c1-14-10-15(2)12-16(11-14)25-22(27)19(21(26)24-23(25)28)13-17-8-9-20(29-17)30-18-6-4-3-5-7-18/h3-13H,1-2H3,(H,24,26,28)/b19-13+. The van der Waals surface area contributed by atoms with E-state index in [2.05, 4.69) is 5.32 Å². The van der Waals surface area contributed by atoms with E-state index >= 15 is 0 Å². The summed E-state index contributed by atoms with van der Waals surface area (Å²) in [5.74, 6) is -1.09. The van der Waals surface area contributed by atoms with Crippen LogP contribution in [-0.2, 0) is 9.59 Å². The fourth-order valence-corrected chi connectivity index (χ4v) is 3.98. The zero-order valence-electron chi connectivity index (χ0n) is 16.3. The molecular weight excluding hydrogens is 400 g/mol. The predicted octanol–water partition coefficient (Wildman–Crippen LogP) is 4.71. The second-order valence-electron chi connectivity index (χ2n) is 6.88. The molecule has 1 saturated heterocycles. The van der Waals surface area contributed by atoms with Crippen LogP contribution in [0.2, 0.25) is 0 Å². The number of carbonyl (C=O) groups is 3. The first-order chi connectivity index (χ1) is 14.4. The number of urea groups is 1. The summed E-state index contributed by atoms with van der Waals surface area (Å²) in [6.45, 7) is 3.75. The van der Waals surface area contributed by atoms with Crippen LogP contribution in [0.5, 0.6) is 0 Å². The highest BCUT2D eigenvalue weighted by molar-refractivity contribution is 7.99. The van der Waals surface area contributed by atoms with Crippen LogP contribution in [0.3, 0.4) is 0 Å². The second-order valence-corrected chi connectivity index (χ2v) is 7.95. The molecule has 30 heavy (non-hydrogen) atoms. The van der Waals surface area contributed by atoms with E-state index in [-0.39, 0.29) is 5.57 Å². The van der Waals surface area contributed by atoms with Crippen molar-refractivity contribution in [3.63, 3.8) is 0 Å². The maximum absolute atomic E-state index is 13.0. The Morgan fingerprint density at radius 2 is 1.63 bits per heavy atom. The zero-order chi connectivity index (χ0) is 21.3. The largest absolute Gasteiger partial charge is 0.450 e. The number of nitrogens with zero attached hydrogens (tertiary/aromatic N) is 1. The van der Waals surface area contributed by atoms with Gasteiger partial charge in [0.1, 0.15) is 11.3 Å². The maximum Gasteiger partial charge on any atom is 0.335 e.